The van der Waals surface area contributed by atoms with Gasteiger partial charge in [0.15, 0.2) is 10.2 Å². The second-order valence-electron chi connectivity index (χ2n) is 8.91. The molecule has 2 aromatic carbocycles. The zero-order valence-corrected chi connectivity index (χ0v) is 23.1. The number of benzene rings is 2. The van der Waals surface area contributed by atoms with Gasteiger partial charge in [-0.25, -0.2) is 4.98 Å². The van der Waals surface area contributed by atoms with Gasteiger partial charge in [-0.1, -0.05) is 41.1 Å². The Kier molecular flexibility index (Phi) is 7.01. The average molecular weight is 575 g/mol. The van der Waals surface area contributed by atoms with Crippen molar-refractivity contribution in [3.05, 3.63) is 102 Å². The highest BCUT2D eigenvalue weighted by Crippen LogP contribution is 2.43. The number of hydrogen-bond acceptors (Lipinski definition) is 6. The zero-order valence-electron chi connectivity index (χ0n) is 20.7. The molecule has 4 heterocycles. The van der Waals surface area contributed by atoms with E-state index in [1.807, 2.05) is 59.6 Å². The second kappa shape index (κ2) is 10.7. The van der Waals surface area contributed by atoms with E-state index in [9.17, 15) is 4.79 Å². The van der Waals surface area contributed by atoms with Crippen molar-refractivity contribution < 1.29 is 9.53 Å². The fraction of sp³-hybridized carbons (Fsp3) is 0.143. The molecule has 1 aliphatic rings. The minimum atomic E-state index is -0.285. The van der Waals surface area contributed by atoms with Crippen LogP contribution in [-0.2, 0) is 9.53 Å². The van der Waals surface area contributed by atoms with E-state index in [-0.39, 0.29) is 24.6 Å². The largest absolute Gasteiger partial charge is 0.375 e. The standard InChI is InChI=1S/C28H23ClN6O2S2/c1-37-16-24(36)31-19-12-11-17(15-18(19)29)35-26(25(33-27(35)38)21-8-4-5-13-30-21)22-9-6-14-34(22)28-32-20-7-2-3-10-23(20)39-28/h2-15,25-26H,16H2,1H3,(H,31,36)(H,33,38)/t25-,26-/m0/s1. The van der Waals surface area contributed by atoms with Gasteiger partial charge >= 0.3 is 0 Å². The van der Waals surface area contributed by atoms with E-state index in [4.69, 9.17) is 33.5 Å². The highest BCUT2D eigenvalue weighted by Gasteiger charge is 2.42. The summed E-state index contributed by atoms with van der Waals surface area (Å²) in [5.41, 5.74) is 4.08. The van der Waals surface area contributed by atoms with E-state index in [0.717, 1.165) is 32.4 Å². The van der Waals surface area contributed by atoms with Crippen LogP contribution >= 0.6 is 35.2 Å². The van der Waals surface area contributed by atoms with E-state index in [1.165, 1.54) is 7.11 Å². The zero-order chi connectivity index (χ0) is 26.9. The van der Waals surface area contributed by atoms with Crippen LogP contribution in [0.15, 0.2) is 85.2 Å². The van der Waals surface area contributed by atoms with Crippen molar-refractivity contribution in [3.8, 4) is 5.13 Å². The Hall–Kier alpha value is -3.83. The number of fused-ring (bicyclic) bond motifs is 1. The van der Waals surface area contributed by atoms with E-state index in [0.29, 0.717) is 15.8 Å². The molecule has 6 rings (SSSR count). The molecule has 2 atom stereocenters. The number of ether oxygens (including phenoxy) is 1. The van der Waals surface area contributed by atoms with Crippen LogP contribution in [0.4, 0.5) is 11.4 Å². The number of carbonyl (C=O) groups is 1. The van der Waals surface area contributed by atoms with Crippen molar-refractivity contribution in [1.29, 1.82) is 0 Å². The third-order valence-electron chi connectivity index (χ3n) is 6.45. The van der Waals surface area contributed by atoms with E-state index in [1.54, 1.807) is 29.7 Å². The Balaban J connectivity index is 1.44. The van der Waals surface area contributed by atoms with Crippen molar-refractivity contribution in [2.45, 2.75) is 12.1 Å². The molecule has 0 radical (unpaired) electrons. The van der Waals surface area contributed by atoms with Crippen molar-refractivity contribution in [1.82, 2.24) is 19.9 Å². The quantitative estimate of drug-likeness (QED) is 0.234. The molecule has 3 aromatic heterocycles. The monoisotopic (exact) mass is 574 g/mol. The first kappa shape index (κ1) is 25.4. The average Bonchev–Trinajstić information content (AvgIpc) is 3.66. The van der Waals surface area contributed by atoms with Gasteiger partial charge in [-0.2, -0.15) is 0 Å². The lowest BCUT2D eigenvalue weighted by atomic mass is 10.0. The Labute approximate surface area is 239 Å². The van der Waals surface area contributed by atoms with E-state index < -0.39 is 0 Å². The van der Waals surface area contributed by atoms with Crippen molar-refractivity contribution in [2.75, 3.05) is 23.9 Å². The summed E-state index contributed by atoms with van der Waals surface area (Å²) < 4.78 is 8.13. The number of thiazole rings is 1. The van der Waals surface area contributed by atoms with Crippen molar-refractivity contribution in [2.24, 2.45) is 0 Å². The molecule has 5 aromatic rings. The number of aromatic nitrogens is 3. The molecule has 0 saturated carbocycles. The predicted molar refractivity (Wildman–Crippen MR) is 159 cm³/mol. The molecular weight excluding hydrogens is 552 g/mol. The van der Waals surface area contributed by atoms with Gasteiger partial charge < -0.3 is 20.3 Å². The van der Waals surface area contributed by atoms with Gasteiger partial charge in [0.25, 0.3) is 0 Å². The van der Waals surface area contributed by atoms with Gasteiger partial charge in [-0.05, 0) is 66.8 Å². The smallest absolute Gasteiger partial charge is 0.250 e. The summed E-state index contributed by atoms with van der Waals surface area (Å²) in [5.74, 6) is -0.285. The van der Waals surface area contributed by atoms with Crippen LogP contribution in [0, 0.1) is 0 Å². The van der Waals surface area contributed by atoms with E-state index >= 15 is 0 Å². The second-order valence-corrected chi connectivity index (χ2v) is 10.7. The molecule has 8 nitrogen and oxygen atoms in total. The number of pyridine rings is 1. The SMILES string of the molecule is COCC(=O)Nc1ccc(N2C(=S)N[C@@H](c3ccccn3)[C@@H]2c2cccn2-c2nc3ccccc3s2)cc1Cl. The van der Waals surface area contributed by atoms with Crippen LogP contribution in [0.25, 0.3) is 15.3 Å². The summed E-state index contributed by atoms with van der Waals surface area (Å²) >= 11 is 14.1. The molecule has 39 heavy (non-hydrogen) atoms. The highest BCUT2D eigenvalue weighted by molar-refractivity contribution is 7.80. The van der Waals surface area contributed by atoms with Gasteiger partial charge in [0.05, 0.1) is 38.4 Å². The Morgan fingerprint density at radius 3 is 2.77 bits per heavy atom. The van der Waals surface area contributed by atoms with Crippen molar-refractivity contribution >= 4 is 67.8 Å². The summed E-state index contributed by atoms with van der Waals surface area (Å²) in [4.78, 5) is 23.6. The minimum Gasteiger partial charge on any atom is -0.375 e. The number of amides is 1. The Bertz CT molecular complexity index is 1640. The summed E-state index contributed by atoms with van der Waals surface area (Å²) in [5, 5.41) is 8.05. The lowest BCUT2D eigenvalue weighted by Gasteiger charge is -2.29. The number of nitrogens with one attached hydrogen (secondary N) is 2. The number of halogens is 1. The summed E-state index contributed by atoms with van der Waals surface area (Å²) in [7, 11) is 1.47. The van der Waals surface area contributed by atoms with Crippen LogP contribution in [0.3, 0.4) is 0 Å². The number of hydrogen-bond donors (Lipinski definition) is 2. The molecule has 0 bridgehead atoms. The third-order valence-corrected chi connectivity index (χ3v) is 8.11. The van der Waals surface area contributed by atoms with Gasteiger partial charge in [-0.3, -0.25) is 14.3 Å². The molecule has 0 aliphatic carbocycles. The lowest BCUT2D eigenvalue weighted by molar-refractivity contribution is -0.119. The molecule has 2 N–H and O–H groups in total. The molecule has 1 saturated heterocycles. The maximum Gasteiger partial charge on any atom is 0.250 e. The first-order chi connectivity index (χ1) is 19.0. The maximum atomic E-state index is 12.1. The summed E-state index contributed by atoms with van der Waals surface area (Å²) in [6.07, 6.45) is 3.80. The number of anilines is 2. The molecule has 1 fully saturated rings. The molecule has 0 spiro atoms. The summed E-state index contributed by atoms with van der Waals surface area (Å²) in [6.45, 7) is -0.0607. The topological polar surface area (TPSA) is 84.3 Å². The molecular formula is C28H23ClN6O2S2. The minimum absolute atomic E-state index is 0.0607. The molecule has 1 aliphatic heterocycles. The van der Waals surface area contributed by atoms with Crippen LogP contribution in [0.5, 0.6) is 0 Å². The van der Waals surface area contributed by atoms with Crippen LogP contribution in [-0.4, -0.2) is 39.3 Å². The van der Waals surface area contributed by atoms with Gasteiger partial charge in [0.2, 0.25) is 5.91 Å². The van der Waals surface area contributed by atoms with Crippen molar-refractivity contribution in [3.63, 3.8) is 0 Å². The Morgan fingerprint density at radius 1 is 1.15 bits per heavy atom. The number of methoxy groups -OCH3 is 1. The molecule has 196 valence electrons. The molecule has 11 heteroatoms. The molecule has 0 unspecified atom stereocenters. The highest BCUT2D eigenvalue weighted by atomic mass is 35.5. The molecule has 1 amide bonds. The number of carbonyl (C=O) groups excluding carboxylic acids is 1. The number of rotatable bonds is 7. The normalized spacial score (nSPS) is 17.0. The lowest BCUT2D eigenvalue weighted by Crippen LogP contribution is -2.30. The van der Waals surface area contributed by atoms with E-state index in [2.05, 4.69) is 32.3 Å². The van der Waals surface area contributed by atoms with Crippen LogP contribution in [0.1, 0.15) is 23.5 Å². The predicted octanol–water partition coefficient (Wildman–Crippen LogP) is 5.90. The first-order valence-corrected chi connectivity index (χ1v) is 13.8. The Morgan fingerprint density at radius 2 is 2.00 bits per heavy atom. The fourth-order valence-corrected chi connectivity index (χ4v) is 6.32. The van der Waals surface area contributed by atoms with Crippen LogP contribution < -0.4 is 15.5 Å². The van der Waals surface area contributed by atoms with Crippen LogP contribution in [0.2, 0.25) is 5.02 Å². The van der Waals surface area contributed by atoms with Gasteiger partial charge in [-0.15, -0.1) is 0 Å². The number of thiocarbonyl (C=S) groups is 1. The first-order valence-electron chi connectivity index (χ1n) is 12.2. The number of para-hydroxylation sites is 1. The van der Waals surface area contributed by atoms with Gasteiger partial charge in [0, 0.05) is 25.2 Å². The maximum absolute atomic E-state index is 12.1. The fourth-order valence-electron chi connectivity index (χ4n) is 4.78. The summed E-state index contributed by atoms with van der Waals surface area (Å²) in [6, 6.07) is 23.0. The van der Waals surface area contributed by atoms with Gasteiger partial charge in [0.1, 0.15) is 12.6 Å². The third kappa shape index (κ3) is 4.87. The number of nitrogens with zero attached hydrogens (tertiary/aromatic N) is 4.